The van der Waals surface area contributed by atoms with Crippen LogP contribution in [0.3, 0.4) is 0 Å². The molecule has 3 rings (SSSR count). The Morgan fingerprint density at radius 3 is 1.88 bits per heavy atom. The Balaban J connectivity index is 1.88. The van der Waals surface area contributed by atoms with Crippen LogP contribution in [-0.4, -0.2) is 15.8 Å². The fraction of sp³-hybridized carbons (Fsp3) is 0.100. The summed E-state index contributed by atoms with van der Waals surface area (Å²) in [5, 5.41) is 0. The van der Waals surface area contributed by atoms with Crippen LogP contribution in [-0.2, 0) is 13.1 Å². The van der Waals surface area contributed by atoms with Crippen LogP contribution in [0.1, 0.15) is 21.5 Å². The smallest absolute Gasteiger partial charge is 0.256 e. The Bertz CT molecular complexity index is 809. The lowest BCUT2D eigenvalue weighted by Gasteiger charge is -2.23. The van der Waals surface area contributed by atoms with Crippen molar-refractivity contribution in [3.63, 3.8) is 0 Å². The van der Waals surface area contributed by atoms with Crippen LogP contribution >= 0.6 is 0 Å². The minimum atomic E-state index is -0.132. The normalized spacial score (nSPS) is 10.4. The molecule has 0 bridgehead atoms. The lowest BCUT2D eigenvalue weighted by molar-refractivity contribution is 0.0729. The number of aromatic nitrogens is 1. The summed E-state index contributed by atoms with van der Waals surface area (Å²) in [6, 6.07) is 21.3. The molecule has 2 aromatic carbocycles. The second-order valence-electron chi connectivity index (χ2n) is 5.83. The molecule has 5 nitrogen and oxygen atoms in total. The zero-order valence-electron chi connectivity index (χ0n) is 13.8. The average molecular weight is 332 g/mol. The molecule has 0 aliphatic carbocycles. The SMILES string of the molecule is Nc1cc(C(=O)N(Cc2ccccc2)Cc2ccccc2)cnc1N. The Hall–Kier alpha value is -3.34. The maximum atomic E-state index is 13.0. The summed E-state index contributed by atoms with van der Waals surface area (Å²) in [5.74, 6) is 0.0983. The molecule has 126 valence electrons. The maximum absolute atomic E-state index is 13.0. The van der Waals surface area contributed by atoms with Crippen LogP contribution in [0.2, 0.25) is 0 Å². The van der Waals surface area contributed by atoms with E-state index in [4.69, 9.17) is 11.5 Å². The number of anilines is 2. The molecule has 1 aromatic heterocycles. The highest BCUT2D eigenvalue weighted by Gasteiger charge is 2.18. The van der Waals surface area contributed by atoms with Crippen LogP contribution in [0.5, 0.6) is 0 Å². The maximum Gasteiger partial charge on any atom is 0.256 e. The third-order valence-corrected chi connectivity index (χ3v) is 3.92. The van der Waals surface area contributed by atoms with Gasteiger partial charge in [-0.25, -0.2) is 4.98 Å². The molecule has 0 spiro atoms. The zero-order chi connectivity index (χ0) is 17.6. The molecule has 0 aliphatic heterocycles. The molecule has 1 heterocycles. The van der Waals surface area contributed by atoms with Gasteiger partial charge < -0.3 is 16.4 Å². The van der Waals surface area contributed by atoms with Gasteiger partial charge in [0.1, 0.15) is 5.82 Å². The molecule has 0 saturated heterocycles. The second kappa shape index (κ2) is 7.49. The fourth-order valence-electron chi connectivity index (χ4n) is 2.60. The van der Waals surface area contributed by atoms with E-state index in [2.05, 4.69) is 4.98 Å². The van der Waals surface area contributed by atoms with Crippen LogP contribution in [0.25, 0.3) is 0 Å². The van der Waals surface area contributed by atoms with Crippen molar-refractivity contribution in [3.05, 3.63) is 89.6 Å². The van der Waals surface area contributed by atoms with E-state index in [9.17, 15) is 4.79 Å². The van der Waals surface area contributed by atoms with Gasteiger partial charge in [0, 0.05) is 19.3 Å². The van der Waals surface area contributed by atoms with Crippen LogP contribution in [0.4, 0.5) is 11.5 Å². The largest absolute Gasteiger partial charge is 0.396 e. The van der Waals surface area contributed by atoms with E-state index in [0.29, 0.717) is 24.3 Å². The number of carbonyl (C=O) groups excluding carboxylic acids is 1. The first-order valence-electron chi connectivity index (χ1n) is 8.01. The van der Waals surface area contributed by atoms with Crippen molar-refractivity contribution in [1.29, 1.82) is 0 Å². The van der Waals surface area contributed by atoms with E-state index in [0.717, 1.165) is 11.1 Å². The lowest BCUT2D eigenvalue weighted by atomic mass is 10.1. The number of nitrogen functional groups attached to an aromatic ring is 2. The number of nitrogens with zero attached hydrogens (tertiary/aromatic N) is 2. The van der Waals surface area contributed by atoms with Crippen molar-refractivity contribution in [1.82, 2.24) is 9.88 Å². The van der Waals surface area contributed by atoms with Crippen molar-refractivity contribution in [2.24, 2.45) is 0 Å². The van der Waals surface area contributed by atoms with Gasteiger partial charge in [-0.15, -0.1) is 0 Å². The third-order valence-electron chi connectivity index (χ3n) is 3.92. The van der Waals surface area contributed by atoms with E-state index >= 15 is 0 Å². The molecule has 0 unspecified atom stereocenters. The molecule has 1 amide bonds. The van der Waals surface area contributed by atoms with E-state index < -0.39 is 0 Å². The molecule has 25 heavy (non-hydrogen) atoms. The van der Waals surface area contributed by atoms with Gasteiger partial charge >= 0.3 is 0 Å². The molecular weight excluding hydrogens is 312 g/mol. The summed E-state index contributed by atoms with van der Waals surface area (Å²) in [6.07, 6.45) is 1.47. The van der Waals surface area contributed by atoms with E-state index in [1.807, 2.05) is 60.7 Å². The standard InChI is InChI=1S/C20H20N4O/c21-18-11-17(12-23-19(18)22)20(25)24(13-15-7-3-1-4-8-15)14-16-9-5-2-6-10-16/h1-12H,13-14,21H2,(H2,22,23). The van der Waals surface area contributed by atoms with Crippen molar-refractivity contribution < 1.29 is 4.79 Å². The average Bonchev–Trinajstić information content (AvgIpc) is 2.64. The van der Waals surface area contributed by atoms with E-state index in [1.54, 1.807) is 11.0 Å². The molecular formula is C20H20N4O. The number of hydrogen-bond acceptors (Lipinski definition) is 4. The minimum Gasteiger partial charge on any atom is -0.396 e. The number of hydrogen-bond donors (Lipinski definition) is 2. The summed E-state index contributed by atoms with van der Waals surface area (Å²) in [5.41, 5.74) is 14.3. The highest BCUT2D eigenvalue weighted by molar-refractivity contribution is 5.95. The second-order valence-corrected chi connectivity index (χ2v) is 5.83. The topological polar surface area (TPSA) is 85.2 Å². The number of pyridine rings is 1. The van der Waals surface area contributed by atoms with Crippen LogP contribution < -0.4 is 11.5 Å². The van der Waals surface area contributed by atoms with E-state index in [-0.39, 0.29) is 11.7 Å². The van der Waals surface area contributed by atoms with Gasteiger partial charge in [0.2, 0.25) is 0 Å². The first kappa shape index (κ1) is 16.5. The Morgan fingerprint density at radius 1 is 0.880 bits per heavy atom. The highest BCUT2D eigenvalue weighted by Crippen LogP contribution is 2.17. The monoisotopic (exact) mass is 332 g/mol. The van der Waals surface area contributed by atoms with Gasteiger partial charge in [-0.05, 0) is 17.2 Å². The lowest BCUT2D eigenvalue weighted by Crippen LogP contribution is -2.30. The Labute approximate surface area is 146 Å². The summed E-state index contributed by atoms with van der Waals surface area (Å²) in [6.45, 7) is 0.998. The molecule has 0 saturated carbocycles. The Kier molecular flexibility index (Phi) is 4.95. The summed E-state index contributed by atoms with van der Waals surface area (Å²) in [7, 11) is 0. The summed E-state index contributed by atoms with van der Waals surface area (Å²) >= 11 is 0. The first-order valence-corrected chi connectivity index (χ1v) is 8.01. The Morgan fingerprint density at radius 2 is 1.40 bits per heavy atom. The van der Waals surface area contributed by atoms with Gasteiger partial charge in [-0.3, -0.25) is 4.79 Å². The van der Waals surface area contributed by atoms with Gasteiger partial charge in [0.15, 0.2) is 0 Å². The van der Waals surface area contributed by atoms with Gasteiger partial charge in [-0.1, -0.05) is 60.7 Å². The van der Waals surface area contributed by atoms with Crippen molar-refractivity contribution in [2.45, 2.75) is 13.1 Å². The van der Waals surface area contributed by atoms with Gasteiger partial charge in [-0.2, -0.15) is 0 Å². The van der Waals surface area contributed by atoms with Crippen LogP contribution in [0.15, 0.2) is 72.9 Å². The fourth-order valence-corrected chi connectivity index (χ4v) is 2.60. The minimum absolute atomic E-state index is 0.132. The predicted molar refractivity (Wildman–Crippen MR) is 99.5 cm³/mol. The number of amides is 1. The number of rotatable bonds is 5. The summed E-state index contributed by atoms with van der Waals surface area (Å²) in [4.78, 5) is 18.8. The van der Waals surface area contributed by atoms with Crippen molar-refractivity contribution in [2.75, 3.05) is 11.5 Å². The molecule has 0 fully saturated rings. The van der Waals surface area contributed by atoms with Crippen molar-refractivity contribution >= 4 is 17.4 Å². The van der Waals surface area contributed by atoms with Gasteiger partial charge in [0.05, 0.1) is 11.3 Å². The number of carbonyl (C=O) groups is 1. The van der Waals surface area contributed by atoms with Crippen LogP contribution in [0, 0.1) is 0 Å². The zero-order valence-corrected chi connectivity index (χ0v) is 13.8. The highest BCUT2D eigenvalue weighted by atomic mass is 16.2. The molecule has 4 N–H and O–H groups in total. The molecule has 5 heteroatoms. The molecule has 3 aromatic rings. The first-order chi connectivity index (χ1) is 12.1. The quantitative estimate of drug-likeness (QED) is 0.752. The third kappa shape index (κ3) is 4.14. The number of benzene rings is 2. The van der Waals surface area contributed by atoms with E-state index in [1.165, 1.54) is 6.20 Å². The number of nitrogens with two attached hydrogens (primary N) is 2. The molecule has 0 aliphatic rings. The predicted octanol–water partition coefficient (Wildman–Crippen LogP) is 3.09. The van der Waals surface area contributed by atoms with Crippen molar-refractivity contribution in [3.8, 4) is 0 Å². The molecule has 0 radical (unpaired) electrons. The van der Waals surface area contributed by atoms with Gasteiger partial charge in [0.25, 0.3) is 5.91 Å². The molecule has 0 atom stereocenters. The summed E-state index contributed by atoms with van der Waals surface area (Å²) < 4.78 is 0.